The van der Waals surface area contributed by atoms with E-state index < -0.39 is 68.2 Å². The average Bonchev–Trinajstić information content (AvgIpc) is 2.10. The Morgan fingerprint density at radius 2 is 0.478 bits per heavy atom. The second-order valence-electron chi connectivity index (χ2n) is 1.43. The molecule has 0 N–H and O–H groups in total. The summed E-state index contributed by atoms with van der Waals surface area (Å²) < 4.78 is 120. The predicted octanol–water partition coefficient (Wildman–Crippen LogP) is -4.99. The minimum absolute atomic E-state index is 0. The molecule has 0 aliphatic rings. The van der Waals surface area contributed by atoms with Gasteiger partial charge >= 0.3 is 34.7 Å². The van der Waals surface area contributed by atoms with E-state index in [1.165, 1.54) is 0 Å². The Kier molecular flexibility index (Phi) is 36.6. The Hall–Kier alpha value is 1.60. The molecule has 0 radical (unpaired) electrons. The largest absolute Gasteiger partial charge is 3.00 e. The van der Waals surface area contributed by atoms with Crippen molar-refractivity contribution in [1.29, 1.82) is 0 Å². The SMILES string of the molecule is O=S([O-])OS(=O)[O-].O=S([O-])OS(=O)[O-].O=S([O-])OS(=O)[O-].[Al+3].[Al+3]. The predicted molar refractivity (Wildman–Crippen MR) is 68.3 cm³/mol. The Bertz CT molecular complexity index is 318. The van der Waals surface area contributed by atoms with E-state index >= 15 is 0 Å². The van der Waals surface area contributed by atoms with Gasteiger partial charge in [0.2, 0.25) is 0 Å². The average molecular weight is 486 g/mol. The van der Waals surface area contributed by atoms with Crippen molar-refractivity contribution in [3.8, 4) is 0 Å². The summed E-state index contributed by atoms with van der Waals surface area (Å²) in [5.41, 5.74) is 0. The van der Waals surface area contributed by atoms with Crippen LogP contribution < -0.4 is 0 Å². The fourth-order valence-electron chi connectivity index (χ4n) is 0.136. The molecule has 0 aromatic rings. The van der Waals surface area contributed by atoms with Crippen molar-refractivity contribution >= 4 is 103 Å². The third kappa shape index (κ3) is 59.5. The van der Waals surface area contributed by atoms with E-state index in [9.17, 15) is 52.6 Å². The molecule has 0 unspecified atom stereocenters. The van der Waals surface area contributed by atoms with Gasteiger partial charge in [0, 0.05) is 0 Å². The molecule has 15 nitrogen and oxygen atoms in total. The molecule has 0 aliphatic carbocycles. The molecule has 0 rings (SSSR count). The van der Waals surface area contributed by atoms with Gasteiger partial charge in [0.1, 0.15) is 0 Å². The second-order valence-corrected chi connectivity index (χ2v) is 5.51. The van der Waals surface area contributed by atoms with Crippen molar-refractivity contribution in [2.24, 2.45) is 0 Å². The van der Waals surface area contributed by atoms with E-state index in [-0.39, 0.29) is 34.7 Å². The van der Waals surface area contributed by atoms with Gasteiger partial charge in [0.25, 0.3) is 0 Å². The van der Waals surface area contributed by atoms with Crippen molar-refractivity contribution in [3.63, 3.8) is 0 Å². The molecule has 23 heteroatoms. The van der Waals surface area contributed by atoms with Crippen LogP contribution in [0.4, 0.5) is 0 Å². The van der Waals surface area contributed by atoms with Gasteiger partial charge < -0.3 is 27.3 Å². The van der Waals surface area contributed by atoms with Crippen LogP contribution in [0, 0.1) is 0 Å². The summed E-state index contributed by atoms with van der Waals surface area (Å²) in [7, 11) is 0. The summed E-state index contributed by atoms with van der Waals surface area (Å²) in [4.78, 5) is 0. The van der Waals surface area contributed by atoms with Gasteiger partial charge in [-0.05, 0) is 0 Å². The molecule has 0 saturated carbocycles. The van der Waals surface area contributed by atoms with Crippen LogP contribution in [0.2, 0.25) is 0 Å². The Labute approximate surface area is 165 Å². The molecule has 0 aromatic carbocycles. The standard InChI is InChI=1S/2Al.3H2O5S2/c;;3*1-6(2)5-7(3)4/h;;3*(H,1,2)(H,3,4)/q2*+3;;;/p-6. The van der Waals surface area contributed by atoms with E-state index in [2.05, 4.69) is 10.9 Å². The van der Waals surface area contributed by atoms with E-state index in [0.717, 1.165) is 0 Å². The minimum atomic E-state index is -2.96. The van der Waals surface area contributed by atoms with E-state index in [1.54, 1.807) is 0 Å². The summed E-state index contributed by atoms with van der Waals surface area (Å²) in [5, 5.41) is 0. The maximum Gasteiger partial charge on any atom is 3.00 e. The normalized spacial score (nSPS) is 17.0. The number of hydrogen-bond acceptors (Lipinski definition) is 15. The molecular formula is Al2O15S6. The first kappa shape index (κ1) is 35.7. The van der Waals surface area contributed by atoms with Gasteiger partial charge in [-0.1, -0.05) is 0 Å². The molecule has 0 fully saturated rings. The van der Waals surface area contributed by atoms with Crippen LogP contribution in [0.25, 0.3) is 0 Å². The zero-order valence-electron chi connectivity index (χ0n) is 9.73. The molecule has 0 saturated heterocycles. The monoisotopic (exact) mass is 486 g/mol. The van der Waals surface area contributed by atoms with Crippen LogP contribution in [0.15, 0.2) is 0 Å². The third-order valence-corrected chi connectivity index (χ3v) is 3.00. The Morgan fingerprint density at radius 3 is 0.478 bits per heavy atom. The van der Waals surface area contributed by atoms with Gasteiger partial charge in [0.05, 0.1) is 68.2 Å². The van der Waals surface area contributed by atoms with Gasteiger partial charge in [0.15, 0.2) is 0 Å². The third-order valence-electron chi connectivity index (χ3n) is 0.333. The second kappa shape index (κ2) is 23.6. The molecular weight excluding hydrogens is 486 g/mol. The molecule has 0 atom stereocenters. The fourth-order valence-corrected chi connectivity index (χ4v) is 1.22. The maximum absolute atomic E-state index is 9.19. The first-order valence-corrected chi connectivity index (χ1v) is 9.00. The van der Waals surface area contributed by atoms with Gasteiger partial charge in [-0.2, -0.15) is 0 Å². The molecule has 0 bridgehead atoms. The summed E-state index contributed by atoms with van der Waals surface area (Å²) in [6, 6.07) is 0. The van der Waals surface area contributed by atoms with Crippen molar-refractivity contribution in [1.82, 2.24) is 0 Å². The summed E-state index contributed by atoms with van der Waals surface area (Å²) >= 11 is -17.7. The smallest absolute Gasteiger partial charge is 0.749 e. The van der Waals surface area contributed by atoms with Crippen LogP contribution in [-0.4, -0.2) is 87.3 Å². The zero-order chi connectivity index (χ0) is 17.6. The van der Waals surface area contributed by atoms with Crippen LogP contribution in [-0.2, 0) is 79.1 Å². The zero-order valence-corrected chi connectivity index (χ0v) is 16.9. The Balaban J connectivity index is -0.0000000675. The van der Waals surface area contributed by atoms with Gasteiger partial charge in [-0.15, -0.1) is 0 Å². The van der Waals surface area contributed by atoms with Crippen molar-refractivity contribution in [3.05, 3.63) is 0 Å². The van der Waals surface area contributed by atoms with E-state index in [4.69, 9.17) is 0 Å². The molecule has 0 aromatic heterocycles. The molecule has 0 amide bonds. The Morgan fingerprint density at radius 1 is 0.391 bits per heavy atom. The van der Waals surface area contributed by atoms with Crippen LogP contribution >= 0.6 is 0 Å². The molecule has 23 heavy (non-hydrogen) atoms. The van der Waals surface area contributed by atoms with Crippen molar-refractivity contribution in [2.75, 3.05) is 0 Å². The topological polar surface area (TPSA) is 268 Å². The van der Waals surface area contributed by atoms with Crippen molar-refractivity contribution < 1.29 is 63.5 Å². The van der Waals surface area contributed by atoms with E-state index in [0.29, 0.717) is 0 Å². The molecule has 0 aliphatic heterocycles. The summed E-state index contributed by atoms with van der Waals surface area (Å²) in [6.07, 6.45) is 0. The summed E-state index contributed by atoms with van der Waals surface area (Å²) in [6.45, 7) is 0. The summed E-state index contributed by atoms with van der Waals surface area (Å²) in [5.74, 6) is 0. The molecule has 132 valence electrons. The van der Waals surface area contributed by atoms with Crippen molar-refractivity contribution in [2.45, 2.75) is 0 Å². The molecule has 0 spiro atoms. The maximum atomic E-state index is 9.19. The quantitative estimate of drug-likeness (QED) is 0.251. The van der Waals surface area contributed by atoms with E-state index in [1.807, 2.05) is 0 Å². The van der Waals surface area contributed by atoms with Gasteiger partial charge in [-0.3, -0.25) is 0 Å². The number of rotatable bonds is 6. The number of hydrogen-bond donors (Lipinski definition) is 0. The van der Waals surface area contributed by atoms with Crippen LogP contribution in [0.3, 0.4) is 0 Å². The minimum Gasteiger partial charge on any atom is -0.749 e. The molecule has 0 heterocycles. The first-order chi connectivity index (χ1) is 9.38. The fraction of sp³-hybridized carbons (Fsp3) is 0. The van der Waals surface area contributed by atoms with Crippen LogP contribution in [0.1, 0.15) is 0 Å². The van der Waals surface area contributed by atoms with Crippen LogP contribution in [0.5, 0.6) is 0 Å². The van der Waals surface area contributed by atoms with Gasteiger partial charge in [-0.25, -0.2) is 36.1 Å². The first-order valence-electron chi connectivity index (χ1n) is 3.00.